The highest BCUT2D eigenvalue weighted by atomic mass is 15.1. The van der Waals surface area contributed by atoms with E-state index in [4.69, 9.17) is 5.73 Å². The first-order chi connectivity index (χ1) is 9.02. The monoisotopic (exact) mass is 262 g/mol. The molecule has 0 saturated heterocycles. The molecule has 0 fully saturated rings. The first-order valence-electron chi connectivity index (χ1n) is 7.55. The van der Waals surface area contributed by atoms with Crippen LogP contribution >= 0.6 is 0 Å². The summed E-state index contributed by atoms with van der Waals surface area (Å²) in [5.41, 5.74) is 8.62. The fourth-order valence-electron chi connectivity index (χ4n) is 2.26. The Bertz CT molecular complexity index is 343. The zero-order valence-electron chi connectivity index (χ0n) is 13.0. The lowest BCUT2D eigenvalue weighted by molar-refractivity contribution is 0.315. The van der Waals surface area contributed by atoms with Gasteiger partial charge in [-0.05, 0) is 56.8 Å². The van der Waals surface area contributed by atoms with Crippen LogP contribution in [-0.4, -0.2) is 24.5 Å². The Morgan fingerprint density at radius 3 is 2.32 bits per heavy atom. The minimum absolute atomic E-state index is 0.322. The topological polar surface area (TPSA) is 29.3 Å². The summed E-state index contributed by atoms with van der Waals surface area (Å²) in [5, 5.41) is 0. The smallest absolute Gasteiger partial charge is 0.0230 e. The van der Waals surface area contributed by atoms with Gasteiger partial charge in [0.1, 0.15) is 0 Å². The number of hydrogen-bond acceptors (Lipinski definition) is 2. The Kier molecular flexibility index (Phi) is 7.11. The maximum absolute atomic E-state index is 5.77. The second-order valence-electron chi connectivity index (χ2n) is 5.91. The molecule has 0 heterocycles. The van der Waals surface area contributed by atoms with Gasteiger partial charge in [0, 0.05) is 12.6 Å². The van der Waals surface area contributed by atoms with Gasteiger partial charge < -0.3 is 10.6 Å². The predicted octanol–water partition coefficient (Wildman–Crippen LogP) is 3.76. The van der Waals surface area contributed by atoms with Gasteiger partial charge in [0.15, 0.2) is 0 Å². The average Bonchev–Trinajstić information content (AvgIpc) is 2.38. The van der Waals surface area contributed by atoms with Gasteiger partial charge >= 0.3 is 0 Å². The summed E-state index contributed by atoms with van der Waals surface area (Å²) in [6.45, 7) is 8.75. The maximum atomic E-state index is 5.77. The van der Waals surface area contributed by atoms with Crippen molar-refractivity contribution in [2.24, 2.45) is 5.73 Å². The van der Waals surface area contributed by atoms with E-state index in [0.717, 1.165) is 19.5 Å². The molecule has 108 valence electrons. The van der Waals surface area contributed by atoms with Crippen molar-refractivity contribution in [3.63, 3.8) is 0 Å². The third-order valence-electron chi connectivity index (χ3n) is 3.81. The summed E-state index contributed by atoms with van der Waals surface area (Å²) in [4.78, 5) is 2.38. The lowest BCUT2D eigenvalue weighted by atomic mass is 9.97. The molecule has 0 amide bonds. The second kappa shape index (κ2) is 8.34. The van der Waals surface area contributed by atoms with Crippen LogP contribution in [0.4, 0.5) is 0 Å². The molecule has 19 heavy (non-hydrogen) atoms. The lowest BCUT2D eigenvalue weighted by Gasteiger charge is -2.18. The van der Waals surface area contributed by atoms with Crippen molar-refractivity contribution in [3.8, 4) is 0 Å². The van der Waals surface area contributed by atoms with Crippen LogP contribution in [0.25, 0.3) is 0 Å². The van der Waals surface area contributed by atoms with E-state index in [1.165, 1.54) is 24.0 Å². The van der Waals surface area contributed by atoms with Gasteiger partial charge in [-0.2, -0.15) is 0 Å². The van der Waals surface area contributed by atoms with Gasteiger partial charge in [-0.15, -0.1) is 0 Å². The van der Waals surface area contributed by atoms with E-state index in [9.17, 15) is 0 Å². The molecular weight excluding hydrogens is 232 g/mol. The Balaban J connectivity index is 2.40. The number of benzene rings is 1. The molecule has 1 aromatic carbocycles. The molecule has 2 nitrogen and oxygen atoms in total. The standard InChI is InChI=1S/C17H30N2/c1-5-14(2)17-10-8-16(9-11-17)13-19(4)12-6-7-15(3)18/h8-11,14-15H,5-7,12-13,18H2,1-4H3. The van der Waals surface area contributed by atoms with Crippen LogP contribution in [0.5, 0.6) is 0 Å². The zero-order valence-corrected chi connectivity index (χ0v) is 13.0. The Labute approximate surface area is 119 Å². The first-order valence-corrected chi connectivity index (χ1v) is 7.55. The minimum atomic E-state index is 0.322. The van der Waals surface area contributed by atoms with E-state index in [0.29, 0.717) is 12.0 Å². The summed E-state index contributed by atoms with van der Waals surface area (Å²) in [6.07, 6.45) is 3.49. The van der Waals surface area contributed by atoms with Gasteiger partial charge in [-0.3, -0.25) is 0 Å². The van der Waals surface area contributed by atoms with Crippen LogP contribution in [-0.2, 0) is 6.54 Å². The zero-order chi connectivity index (χ0) is 14.3. The third-order valence-corrected chi connectivity index (χ3v) is 3.81. The fourth-order valence-corrected chi connectivity index (χ4v) is 2.26. The molecule has 2 atom stereocenters. The molecular formula is C17H30N2. The molecule has 0 aromatic heterocycles. The van der Waals surface area contributed by atoms with Crippen molar-refractivity contribution < 1.29 is 0 Å². The fraction of sp³-hybridized carbons (Fsp3) is 0.647. The van der Waals surface area contributed by atoms with Crippen molar-refractivity contribution in [2.75, 3.05) is 13.6 Å². The summed E-state index contributed by atoms with van der Waals surface area (Å²) in [5.74, 6) is 0.665. The summed E-state index contributed by atoms with van der Waals surface area (Å²) < 4.78 is 0. The molecule has 0 aliphatic carbocycles. The molecule has 2 N–H and O–H groups in total. The Morgan fingerprint density at radius 1 is 1.16 bits per heavy atom. The van der Waals surface area contributed by atoms with Crippen molar-refractivity contribution in [3.05, 3.63) is 35.4 Å². The summed E-state index contributed by atoms with van der Waals surface area (Å²) >= 11 is 0. The Hall–Kier alpha value is -0.860. The van der Waals surface area contributed by atoms with Gasteiger partial charge in [0.25, 0.3) is 0 Å². The molecule has 0 aliphatic heterocycles. The highest BCUT2D eigenvalue weighted by Crippen LogP contribution is 2.19. The van der Waals surface area contributed by atoms with E-state index in [1.807, 2.05) is 0 Å². The first kappa shape index (κ1) is 16.2. The quantitative estimate of drug-likeness (QED) is 0.773. The third kappa shape index (κ3) is 6.22. The highest BCUT2D eigenvalue weighted by Gasteiger charge is 2.04. The summed E-state index contributed by atoms with van der Waals surface area (Å²) in [6, 6.07) is 9.41. The maximum Gasteiger partial charge on any atom is 0.0230 e. The van der Waals surface area contributed by atoms with Gasteiger partial charge in [-0.25, -0.2) is 0 Å². The summed E-state index contributed by atoms with van der Waals surface area (Å²) in [7, 11) is 2.18. The molecule has 0 radical (unpaired) electrons. The van der Waals surface area contributed by atoms with Crippen LogP contribution in [0.3, 0.4) is 0 Å². The number of hydrogen-bond donors (Lipinski definition) is 1. The van der Waals surface area contributed by atoms with E-state index >= 15 is 0 Å². The van der Waals surface area contributed by atoms with E-state index in [1.54, 1.807) is 0 Å². The largest absolute Gasteiger partial charge is 0.328 e. The number of rotatable bonds is 8. The molecule has 1 aromatic rings. The molecule has 0 saturated carbocycles. The van der Waals surface area contributed by atoms with Crippen molar-refractivity contribution in [1.29, 1.82) is 0 Å². The average molecular weight is 262 g/mol. The van der Waals surface area contributed by atoms with Crippen molar-refractivity contribution in [1.82, 2.24) is 4.90 Å². The molecule has 2 unspecified atom stereocenters. The van der Waals surface area contributed by atoms with Crippen LogP contribution < -0.4 is 5.73 Å². The normalized spacial score (nSPS) is 14.6. The van der Waals surface area contributed by atoms with E-state index in [-0.39, 0.29) is 0 Å². The predicted molar refractivity (Wildman–Crippen MR) is 84.4 cm³/mol. The molecule has 2 heteroatoms. The SMILES string of the molecule is CCC(C)c1ccc(CN(C)CCCC(C)N)cc1. The van der Waals surface area contributed by atoms with Crippen LogP contribution in [0.2, 0.25) is 0 Å². The van der Waals surface area contributed by atoms with Gasteiger partial charge in [-0.1, -0.05) is 38.1 Å². The van der Waals surface area contributed by atoms with E-state index < -0.39 is 0 Å². The van der Waals surface area contributed by atoms with Crippen LogP contribution in [0.1, 0.15) is 57.1 Å². The molecule has 0 spiro atoms. The van der Waals surface area contributed by atoms with Crippen molar-refractivity contribution >= 4 is 0 Å². The van der Waals surface area contributed by atoms with Gasteiger partial charge in [0.2, 0.25) is 0 Å². The highest BCUT2D eigenvalue weighted by molar-refractivity contribution is 5.24. The van der Waals surface area contributed by atoms with E-state index in [2.05, 4.69) is 57.0 Å². The van der Waals surface area contributed by atoms with Gasteiger partial charge in [0.05, 0.1) is 0 Å². The second-order valence-corrected chi connectivity index (χ2v) is 5.91. The molecule has 1 rings (SSSR count). The molecule has 0 aliphatic rings. The minimum Gasteiger partial charge on any atom is -0.328 e. The van der Waals surface area contributed by atoms with Crippen LogP contribution in [0, 0.1) is 0 Å². The number of nitrogens with zero attached hydrogens (tertiary/aromatic N) is 1. The van der Waals surface area contributed by atoms with Crippen molar-refractivity contribution in [2.45, 2.75) is 58.5 Å². The number of nitrogens with two attached hydrogens (primary N) is 1. The Morgan fingerprint density at radius 2 is 1.79 bits per heavy atom. The lowest BCUT2D eigenvalue weighted by Crippen LogP contribution is -2.22. The van der Waals surface area contributed by atoms with Crippen LogP contribution in [0.15, 0.2) is 24.3 Å². The molecule has 0 bridgehead atoms.